The first-order valence-electron chi connectivity index (χ1n) is 4.47. The lowest BCUT2D eigenvalue weighted by Crippen LogP contribution is -2.20. The number of fused-ring (bicyclic) bond motifs is 1. The van der Waals surface area contributed by atoms with E-state index in [1.165, 1.54) is 0 Å². The fourth-order valence-electron chi connectivity index (χ4n) is 1.22. The van der Waals surface area contributed by atoms with Crippen LogP contribution in [-0.2, 0) is 0 Å². The third-order valence-electron chi connectivity index (χ3n) is 1.97. The average Bonchev–Trinajstić information content (AvgIpc) is 2.65. The SMILES string of the molecule is CC(CO)Nc1nc(Cl)nc2cscc12. The Balaban J connectivity index is 2.44. The third-order valence-corrected chi connectivity index (χ3v) is 2.87. The van der Waals surface area contributed by atoms with Gasteiger partial charge in [-0.3, -0.25) is 0 Å². The van der Waals surface area contributed by atoms with Gasteiger partial charge in [0, 0.05) is 16.8 Å². The van der Waals surface area contributed by atoms with Crippen molar-refractivity contribution in [1.82, 2.24) is 9.97 Å². The zero-order chi connectivity index (χ0) is 10.8. The lowest BCUT2D eigenvalue weighted by atomic mass is 10.3. The Kier molecular flexibility index (Phi) is 3.04. The molecular weight excluding hydrogens is 234 g/mol. The molecule has 0 aliphatic heterocycles. The monoisotopic (exact) mass is 243 g/mol. The fourth-order valence-corrected chi connectivity index (χ4v) is 2.14. The van der Waals surface area contributed by atoms with Crippen molar-refractivity contribution in [3.05, 3.63) is 16.0 Å². The van der Waals surface area contributed by atoms with E-state index in [9.17, 15) is 0 Å². The molecule has 1 atom stereocenters. The summed E-state index contributed by atoms with van der Waals surface area (Å²) in [4.78, 5) is 8.19. The third kappa shape index (κ3) is 2.19. The molecular formula is C9H10ClN3OS. The number of halogens is 1. The summed E-state index contributed by atoms with van der Waals surface area (Å²) in [5.41, 5.74) is 0.827. The molecule has 0 aliphatic carbocycles. The molecule has 0 saturated carbocycles. The molecule has 80 valence electrons. The first kappa shape index (κ1) is 10.6. The minimum atomic E-state index is -0.0564. The molecule has 0 amide bonds. The van der Waals surface area contributed by atoms with E-state index in [1.807, 2.05) is 17.7 Å². The summed E-state index contributed by atoms with van der Waals surface area (Å²) in [6.07, 6.45) is 0. The number of aliphatic hydroxyl groups is 1. The van der Waals surface area contributed by atoms with Crippen molar-refractivity contribution >= 4 is 39.7 Å². The normalized spacial score (nSPS) is 13.0. The molecule has 0 fully saturated rings. The van der Waals surface area contributed by atoms with Gasteiger partial charge in [0.1, 0.15) is 5.82 Å². The van der Waals surface area contributed by atoms with E-state index in [1.54, 1.807) is 11.3 Å². The van der Waals surface area contributed by atoms with Crippen molar-refractivity contribution in [3.8, 4) is 0 Å². The molecule has 15 heavy (non-hydrogen) atoms. The number of hydrogen-bond donors (Lipinski definition) is 2. The fraction of sp³-hybridized carbons (Fsp3) is 0.333. The Morgan fingerprint density at radius 3 is 3.07 bits per heavy atom. The van der Waals surface area contributed by atoms with E-state index in [4.69, 9.17) is 16.7 Å². The maximum absolute atomic E-state index is 8.95. The largest absolute Gasteiger partial charge is 0.394 e. The van der Waals surface area contributed by atoms with Crippen LogP contribution in [0.5, 0.6) is 0 Å². The van der Waals surface area contributed by atoms with Crippen molar-refractivity contribution in [1.29, 1.82) is 0 Å². The smallest absolute Gasteiger partial charge is 0.224 e. The standard InChI is InChI=1S/C9H10ClN3OS/c1-5(2-14)11-8-6-3-15-4-7(6)12-9(10)13-8/h3-5,14H,2H2,1H3,(H,11,12,13). The van der Waals surface area contributed by atoms with Gasteiger partial charge in [0.25, 0.3) is 0 Å². The lowest BCUT2D eigenvalue weighted by Gasteiger charge is -2.12. The number of rotatable bonds is 3. The van der Waals surface area contributed by atoms with Crippen LogP contribution in [0.15, 0.2) is 10.8 Å². The van der Waals surface area contributed by atoms with Crippen molar-refractivity contribution in [2.45, 2.75) is 13.0 Å². The zero-order valence-corrected chi connectivity index (χ0v) is 9.64. The summed E-state index contributed by atoms with van der Waals surface area (Å²) in [5.74, 6) is 0.674. The van der Waals surface area contributed by atoms with Gasteiger partial charge in [-0.1, -0.05) is 0 Å². The minimum Gasteiger partial charge on any atom is -0.394 e. The highest BCUT2D eigenvalue weighted by atomic mass is 35.5. The van der Waals surface area contributed by atoms with Crippen LogP contribution in [0.3, 0.4) is 0 Å². The van der Waals surface area contributed by atoms with Gasteiger partial charge in [-0.2, -0.15) is 0 Å². The van der Waals surface area contributed by atoms with Crippen molar-refractivity contribution in [2.75, 3.05) is 11.9 Å². The molecule has 0 aliphatic rings. The Morgan fingerprint density at radius 2 is 2.33 bits per heavy atom. The highest BCUT2D eigenvalue weighted by Gasteiger charge is 2.09. The van der Waals surface area contributed by atoms with E-state index in [0.29, 0.717) is 5.82 Å². The summed E-state index contributed by atoms with van der Waals surface area (Å²) in [7, 11) is 0. The van der Waals surface area contributed by atoms with Gasteiger partial charge < -0.3 is 10.4 Å². The van der Waals surface area contributed by atoms with Crippen molar-refractivity contribution in [2.24, 2.45) is 0 Å². The van der Waals surface area contributed by atoms with Gasteiger partial charge in [-0.05, 0) is 18.5 Å². The summed E-state index contributed by atoms with van der Waals surface area (Å²) >= 11 is 7.33. The number of anilines is 1. The highest BCUT2D eigenvalue weighted by Crippen LogP contribution is 2.25. The topological polar surface area (TPSA) is 58.0 Å². The number of hydrogen-bond acceptors (Lipinski definition) is 5. The van der Waals surface area contributed by atoms with Crippen LogP contribution in [0.4, 0.5) is 5.82 Å². The van der Waals surface area contributed by atoms with E-state index in [-0.39, 0.29) is 17.9 Å². The summed E-state index contributed by atoms with van der Waals surface area (Å²) in [6, 6.07) is -0.0564. The second-order valence-corrected chi connectivity index (χ2v) is 4.32. The highest BCUT2D eigenvalue weighted by molar-refractivity contribution is 7.09. The zero-order valence-electron chi connectivity index (χ0n) is 8.07. The Labute approximate surface area is 95.9 Å². The molecule has 0 aromatic carbocycles. The molecule has 2 heterocycles. The predicted molar refractivity (Wildman–Crippen MR) is 62.6 cm³/mol. The summed E-state index contributed by atoms with van der Waals surface area (Å²) in [6.45, 7) is 1.92. The number of thiophene rings is 1. The molecule has 0 saturated heterocycles. The van der Waals surface area contributed by atoms with Gasteiger partial charge >= 0.3 is 0 Å². The van der Waals surface area contributed by atoms with Crippen LogP contribution in [0.25, 0.3) is 10.9 Å². The molecule has 0 bridgehead atoms. The number of aliphatic hydroxyl groups excluding tert-OH is 1. The van der Waals surface area contributed by atoms with E-state index < -0.39 is 0 Å². The first-order chi connectivity index (χ1) is 7.20. The van der Waals surface area contributed by atoms with Gasteiger partial charge in [0.05, 0.1) is 17.5 Å². The molecule has 2 aromatic heterocycles. The second kappa shape index (κ2) is 4.30. The maximum Gasteiger partial charge on any atom is 0.224 e. The van der Waals surface area contributed by atoms with Gasteiger partial charge in [-0.15, -0.1) is 11.3 Å². The summed E-state index contributed by atoms with van der Waals surface area (Å²) in [5, 5.41) is 17.1. The second-order valence-electron chi connectivity index (χ2n) is 3.24. The molecule has 0 spiro atoms. The van der Waals surface area contributed by atoms with Gasteiger partial charge in [-0.25, -0.2) is 9.97 Å². The first-order valence-corrected chi connectivity index (χ1v) is 5.79. The molecule has 2 rings (SSSR count). The quantitative estimate of drug-likeness (QED) is 0.811. The predicted octanol–water partition coefficient (Wildman–Crippen LogP) is 2.14. The van der Waals surface area contributed by atoms with E-state index in [0.717, 1.165) is 10.9 Å². The molecule has 6 heteroatoms. The van der Waals surface area contributed by atoms with Gasteiger partial charge in [0.2, 0.25) is 5.28 Å². The Bertz CT molecular complexity index is 473. The van der Waals surface area contributed by atoms with Crippen LogP contribution in [0.2, 0.25) is 5.28 Å². The Hall–Kier alpha value is -0.910. The molecule has 4 nitrogen and oxygen atoms in total. The summed E-state index contributed by atoms with van der Waals surface area (Å²) < 4.78 is 0. The molecule has 0 radical (unpaired) electrons. The lowest BCUT2D eigenvalue weighted by molar-refractivity contribution is 0.281. The van der Waals surface area contributed by atoms with Crippen LogP contribution in [0.1, 0.15) is 6.92 Å². The van der Waals surface area contributed by atoms with Crippen LogP contribution in [-0.4, -0.2) is 27.7 Å². The molecule has 2 N–H and O–H groups in total. The maximum atomic E-state index is 8.95. The molecule has 1 unspecified atom stereocenters. The van der Waals surface area contributed by atoms with Crippen molar-refractivity contribution in [3.63, 3.8) is 0 Å². The Morgan fingerprint density at radius 1 is 1.53 bits per heavy atom. The number of aromatic nitrogens is 2. The average molecular weight is 244 g/mol. The number of nitrogens with zero attached hydrogens (tertiary/aromatic N) is 2. The van der Waals surface area contributed by atoms with Gasteiger partial charge in [0.15, 0.2) is 0 Å². The minimum absolute atomic E-state index is 0.0489. The number of nitrogens with one attached hydrogen (secondary N) is 1. The van der Waals surface area contributed by atoms with Crippen LogP contribution < -0.4 is 5.32 Å². The van der Waals surface area contributed by atoms with E-state index in [2.05, 4.69) is 15.3 Å². The molecule has 2 aromatic rings. The van der Waals surface area contributed by atoms with Crippen molar-refractivity contribution < 1.29 is 5.11 Å². The van der Waals surface area contributed by atoms with E-state index >= 15 is 0 Å². The van der Waals surface area contributed by atoms with Crippen LogP contribution in [0, 0.1) is 0 Å². The van der Waals surface area contributed by atoms with Crippen LogP contribution >= 0.6 is 22.9 Å².